The Morgan fingerprint density at radius 3 is 2.57 bits per heavy atom. The fourth-order valence-corrected chi connectivity index (χ4v) is 2.75. The van der Waals surface area contributed by atoms with Gasteiger partial charge in [0.15, 0.2) is 5.96 Å². The van der Waals surface area contributed by atoms with Crippen LogP contribution in [0.1, 0.15) is 30.0 Å². The second-order valence-electron chi connectivity index (χ2n) is 6.56. The van der Waals surface area contributed by atoms with Crippen LogP contribution in [0.3, 0.4) is 0 Å². The Morgan fingerprint density at radius 1 is 1.11 bits per heavy atom. The molecule has 0 spiro atoms. The third-order valence-corrected chi connectivity index (χ3v) is 4.33. The van der Waals surface area contributed by atoms with Gasteiger partial charge in [-0.15, -0.1) is 0 Å². The van der Waals surface area contributed by atoms with Gasteiger partial charge in [-0.1, -0.05) is 25.1 Å². The van der Waals surface area contributed by atoms with Crippen molar-refractivity contribution in [1.82, 2.24) is 10.6 Å². The standard InChI is InChI=1S/C22H31N3O3/c1-5-12-28-21-13-16(2)6-7-18(21)15-25-22(23-3)24-11-10-17-8-9-19(27-4)14-20(17)26/h6-9,13-14,26H,5,10-12,15H2,1-4H3,(H2,23,24,25). The van der Waals surface area contributed by atoms with Gasteiger partial charge in [0, 0.05) is 31.8 Å². The first-order chi connectivity index (χ1) is 13.6. The lowest BCUT2D eigenvalue weighted by Gasteiger charge is -2.15. The van der Waals surface area contributed by atoms with Gasteiger partial charge in [-0.3, -0.25) is 4.99 Å². The number of aryl methyl sites for hydroxylation is 1. The second-order valence-corrected chi connectivity index (χ2v) is 6.56. The number of aromatic hydroxyl groups is 1. The zero-order chi connectivity index (χ0) is 20.4. The largest absolute Gasteiger partial charge is 0.508 e. The van der Waals surface area contributed by atoms with E-state index in [2.05, 4.69) is 47.7 Å². The Balaban J connectivity index is 1.88. The normalized spacial score (nSPS) is 11.2. The number of phenolic OH excluding ortho intramolecular Hbond substituents is 1. The highest BCUT2D eigenvalue weighted by Crippen LogP contribution is 2.23. The van der Waals surface area contributed by atoms with Crippen LogP contribution in [0.15, 0.2) is 41.4 Å². The van der Waals surface area contributed by atoms with Crippen molar-refractivity contribution in [2.75, 3.05) is 27.3 Å². The van der Waals surface area contributed by atoms with Crippen molar-refractivity contribution in [1.29, 1.82) is 0 Å². The molecule has 0 aromatic heterocycles. The number of benzene rings is 2. The maximum atomic E-state index is 10.1. The summed E-state index contributed by atoms with van der Waals surface area (Å²) in [6, 6.07) is 11.6. The van der Waals surface area contributed by atoms with Crippen molar-refractivity contribution >= 4 is 5.96 Å². The fourth-order valence-electron chi connectivity index (χ4n) is 2.75. The molecule has 0 fully saturated rings. The lowest BCUT2D eigenvalue weighted by molar-refractivity contribution is 0.313. The first-order valence-corrected chi connectivity index (χ1v) is 9.60. The van der Waals surface area contributed by atoms with E-state index in [1.165, 1.54) is 5.56 Å². The van der Waals surface area contributed by atoms with Gasteiger partial charge in [0.1, 0.15) is 17.2 Å². The molecule has 2 aromatic rings. The minimum absolute atomic E-state index is 0.237. The van der Waals surface area contributed by atoms with Crippen LogP contribution in [0.2, 0.25) is 0 Å². The van der Waals surface area contributed by atoms with E-state index in [-0.39, 0.29) is 5.75 Å². The molecule has 6 heteroatoms. The quantitative estimate of drug-likeness (QED) is 0.456. The smallest absolute Gasteiger partial charge is 0.191 e. The Kier molecular flexibility index (Phi) is 8.46. The lowest BCUT2D eigenvalue weighted by atomic mass is 10.1. The highest BCUT2D eigenvalue weighted by molar-refractivity contribution is 5.79. The highest BCUT2D eigenvalue weighted by atomic mass is 16.5. The number of aliphatic imine (C=N–C) groups is 1. The highest BCUT2D eigenvalue weighted by Gasteiger charge is 2.07. The van der Waals surface area contributed by atoms with E-state index in [1.807, 2.05) is 12.1 Å². The molecule has 2 aromatic carbocycles. The molecule has 0 bridgehead atoms. The number of hydrogen-bond acceptors (Lipinski definition) is 4. The number of rotatable bonds is 9. The van der Waals surface area contributed by atoms with E-state index in [0.29, 0.717) is 37.8 Å². The Morgan fingerprint density at radius 2 is 1.89 bits per heavy atom. The van der Waals surface area contributed by atoms with Crippen molar-refractivity contribution in [3.63, 3.8) is 0 Å². The van der Waals surface area contributed by atoms with Gasteiger partial charge in [0.2, 0.25) is 0 Å². The van der Waals surface area contributed by atoms with E-state index in [0.717, 1.165) is 23.3 Å². The summed E-state index contributed by atoms with van der Waals surface area (Å²) in [4.78, 5) is 4.26. The van der Waals surface area contributed by atoms with Crippen molar-refractivity contribution < 1.29 is 14.6 Å². The number of hydrogen-bond donors (Lipinski definition) is 3. The van der Waals surface area contributed by atoms with Crippen LogP contribution < -0.4 is 20.1 Å². The van der Waals surface area contributed by atoms with Crippen molar-refractivity contribution in [2.45, 2.75) is 33.2 Å². The van der Waals surface area contributed by atoms with Crippen LogP contribution in [-0.4, -0.2) is 38.4 Å². The second kappa shape index (κ2) is 11.1. The maximum absolute atomic E-state index is 10.1. The summed E-state index contributed by atoms with van der Waals surface area (Å²) >= 11 is 0. The number of nitrogens with one attached hydrogen (secondary N) is 2. The van der Waals surface area contributed by atoms with Crippen LogP contribution in [0, 0.1) is 6.92 Å². The summed E-state index contributed by atoms with van der Waals surface area (Å²) in [5.74, 6) is 2.50. The van der Waals surface area contributed by atoms with Gasteiger partial charge in [-0.2, -0.15) is 0 Å². The van der Waals surface area contributed by atoms with E-state index in [4.69, 9.17) is 9.47 Å². The van der Waals surface area contributed by atoms with Crippen LogP contribution in [0.5, 0.6) is 17.2 Å². The van der Waals surface area contributed by atoms with Crippen molar-refractivity contribution in [3.05, 3.63) is 53.1 Å². The molecule has 0 saturated carbocycles. The van der Waals surface area contributed by atoms with E-state index < -0.39 is 0 Å². The van der Waals surface area contributed by atoms with Crippen LogP contribution in [0.25, 0.3) is 0 Å². The van der Waals surface area contributed by atoms with Crippen LogP contribution >= 0.6 is 0 Å². The van der Waals surface area contributed by atoms with E-state index in [9.17, 15) is 5.11 Å². The average Bonchev–Trinajstić information content (AvgIpc) is 2.70. The van der Waals surface area contributed by atoms with E-state index in [1.54, 1.807) is 20.2 Å². The number of methoxy groups -OCH3 is 1. The molecular weight excluding hydrogens is 354 g/mol. The number of nitrogens with zero attached hydrogens (tertiary/aromatic N) is 1. The van der Waals surface area contributed by atoms with Crippen LogP contribution in [0.4, 0.5) is 0 Å². The van der Waals surface area contributed by atoms with Gasteiger partial charge in [-0.05, 0) is 43.0 Å². The van der Waals surface area contributed by atoms with Crippen LogP contribution in [-0.2, 0) is 13.0 Å². The minimum Gasteiger partial charge on any atom is -0.508 e. The Bertz CT molecular complexity index is 791. The third-order valence-electron chi connectivity index (χ3n) is 4.33. The topological polar surface area (TPSA) is 75.1 Å². The van der Waals surface area contributed by atoms with Gasteiger partial charge in [0.05, 0.1) is 13.7 Å². The molecule has 2 rings (SSSR count). The van der Waals surface area contributed by atoms with Gasteiger partial charge >= 0.3 is 0 Å². The maximum Gasteiger partial charge on any atom is 0.191 e. The lowest BCUT2D eigenvalue weighted by Crippen LogP contribution is -2.37. The number of phenols is 1. The predicted molar refractivity (Wildman–Crippen MR) is 114 cm³/mol. The molecule has 0 unspecified atom stereocenters. The summed E-state index contributed by atoms with van der Waals surface area (Å²) in [7, 11) is 3.32. The molecular formula is C22H31N3O3. The average molecular weight is 386 g/mol. The summed E-state index contributed by atoms with van der Waals surface area (Å²) in [5, 5.41) is 16.6. The predicted octanol–water partition coefficient (Wildman–Crippen LogP) is 3.41. The molecule has 0 radical (unpaired) electrons. The Labute approximate surface area is 167 Å². The minimum atomic E-state index is 0.237. The zero-order valence-corrected chi connectivity index (χ0v) is 17.2. The molecule has 3 N–H and O–H groups in total. The molecule has 152 valence electrons. The summed E-state index contributed by atoms with van der Waals surface area (Å²) < 4.78 is 11.0. The van der Waals surface area contributed by atoms with Gasteiger partial charge < -0.3 is 25.2 Å². The molecule has 0 amide bonds. The molecule has 0 aliphatic carbocycles. The van der Waals surface area contributed by atoms with Crippen molar-refractivity contribution in [3.8, 4) is 17.2 Å². The SMILES string of the molecule is CCCOc1cc(C)ccc1CNC(=NC)NCCc1ccc(OC)cc1O. The molecule has 0 atom stereocenters. The summed E-state index contributed by atoms with van der Waals surface area (Å²) in [6.45, 7) is 6.12. The van der Waals surface area contributed by atoms with Gasteiger partial charge in [0.25, 0.3) is 0 Å². The Hall–Kier alpha value is -2.89. The monoisotopic (exact) mass is 385 g/mol. The van der Waals surface area contributed by atoms with E-state index >= 15 is 0 Å². The fraction of sp³-hybridized carbons (Fsp3) is 0.409. The zero-order valence-electron chi connectivity index (χ0n) is 17.2. The summed E-state index contributed by atoms with van der Waals surface area (Å²) in [5.41, 5.74) is 3.13. The molecule has 28 heavy (non-hydrogen) atoms. The molecule has 0 heterocycles. The third kappa shape index (κ3) is 6.37. The first-order valence-electron chi connectivity index (χ1n) is 9.60. The first kappa shape index (κ1) is 21.4. The van der Waals surface area contributed by atoms with Gasteiger partial charge in [-0.25, -0.2) is 0 Å². The molecule has 0 saturated heterocycles. The molecule has 6 nitrogen and oxygen atoms in total. The molecule has 0 aliphatic heterocycles. The number of guanidine groups is 1. The summed E-state index contributed by atoms with van der Waals surface area (Å²) in [6.07, 6.45) is 1.65. The number of ether oxygens (including phenoxy) is 2. The van der Waals surface area contributed by atoms with Crippen molar-refractivity contribution in [2.24, 2.45) is 4.99 Å². The molecule has 0 aliphatic rings.